The van der Waals surface area contributed by atoms with Crippen LogP contribution in [0, 0.1) is 0 Å². The first-order valence-electron chi connectivity index (χ1n) is 7.15. The number of anilines is 1. The summed E-state index contributed by atoms with van der Waals surface area (Å²) in [6.45, 7) is 0. The van der Waals surface area contributed by atoms with E-state index in [9.17, 15) is 4.79 Å². The maximum Gasteiger partial charge on any atom is 0.276 e. The summed E-state index contributed by atoms with van der Waals surface area (Å²) in [4.78, 5) is 16.4. The summed E-state index contributed by atoms with van der Waals surface area (Å²) in [5.41, 5.74) is 3.09. The van der Waals surface area contributed by atoms with Crippen LogP contribution in [0.4, 0.5) is 5.69 Å². The topological polar surface area (TPSA) is 82.2 Å². The Morgan fingerprint density at radius 1 is 1.09 bits per heavy atom. The number of rotatable bonds is 2. The van der Waals surface area contributed by atoms with Crippen LogP contribution in [0.2, 0.25) is 0 Å². The van der Waals surface area contributed by atoms with Crippen molar-refractivity contribution in [1.82, 2.24) is 15.5 Å². The number of carbonyl (C=O) groups excluding carboxylic acids is 1. The van der Waals surface area contributed by atoms with Gasteiger partial charge in [0.25, 0.3) is 5.91 Å². The van der Waals surface area contributed by atoms with Crippen molar-refractivity contribution in [2.24, 2.45) is 4.99 Å². The Labute approximate surface area is 131 Å². The number of benzene rings is 2. The Hall–Kier alpha value is -3.41. The van der Waals surface area contributed by atoms with E-state index in [0.29, 0.717) is 11.7 Å². The molecule has 0 aliphatic carbocycles. The fraction of sp³-hybridized carbons (Fsp3) is 0. The molecule has 3 aromatic rings. The van der Waals surface area contributed by atoms with E-state index in [2.05, 4.69) is 25.8 Å². The molecule has 0 spiro atoms. The third-order valence-electron chi connectivity index (χ3n) is 3.50. The minimum Gasteiger partial charge on any atom is -0.326 e. The van der Waals surface area contributed by atoms with Crippen LogP contribution in [0.3, 0.4) is 0 Å². The van der Waals surface area contributed by atoms with Crippen molar-refractivity contribution in [3.8, 4) is 0 Å². The molecule has 6 nitrogen and oxygen atoms in total. The molecule has 112 valence electrons. The SMILES string of the molecule is O=C1NC(Nc2ccccc2)=NC1=Cc1ccc2[nH]ncc2c1. The molecular weight excluding hydrogens is 290 g/mol. The number of hydrogen-bond acceptors (Lipinski definition) is 4. The van der Waals surface area contributed by atoms with E-state index in [1.165, 1.54) is 0 Å². The molecule has 23 heavy (non-hydrogen) atoms. The van der Waals surface area contributed by atoms with Gasteiger partial charge in [0.1, 0.15) is 5.70 Å². The second-order valence-electron chi connectivity index (χ2n) is 5.15. The van der Waals surface area contributed by atoms with E-state index >= 15 is 0 Å². The highest BCUT2D eigenvalue weighted by atomic mass is 16.2. The summed E-state index contributed by atoms with van der Waals surface area (Å²) < 4.78 is 0. The summed E-state index contributed by atoms with van der Waals surface area (Å²) in [6.07, 6.45) is 3.50. The van der Waals surface area contributed by atoms with Gasteiger partial charge in [0.15, 0.2) is 0 Å². The summed E-state index contributed by atoms with van der Waals surface area (Å²) in [5, 5.41) is 13.7. The molecule has 4 rings (SSSR count). The lowest BCUT2D eigenvalue weighted by Gasteiger charge is -2.03. The lowest BCUT2D eigenvalue weighted by atomic mass is 10.1. The summed E-state index contributed by atoms with van der Waals surface area (Å²) in [7, 11) is 0. The number of aromatic amines is 1. The number of nitrogens with zero attached hydrogens (tertiary/aromatic N) is 2. The third kappa shape index (κ3) is 2.69. The minimum atomic E-state index is -0.226. The van der Waals surface area contributed by atoms with Crippen molar-refractivity contribution in [2.45, 2.75) is 0 Å². The normalized spacial score (nSPS) is 15.7. The van der Waals surface area contributed by atoms with Crippen LogP contribution in [0.1, 0.15) is 5.56 Å². The summed E-state index contributed by atoms with van der Waals surface area (Å²) in [6, 6.07) is 15.4. The molecule has 3 N–H and O–H groups in total. The van der Waals surface area contributed by atoms with Gasteiger partial charge in [-0.05, 0) is 35.9 Å². The molecule has 0 saturated heterocycles. The van der Waals surface area contributed by atoms with E-state index < -0.39 is 0 Å². The van der Waals surface area contributed by atoms with Gasteiger partial charge >= 0.3 is 0 Å². The number of fused-ring (bicyclic) bond motifs is 1. The largest absolute Gasteiger partial charge is 0.326 e. The van der Waals surface area contributed by atoms with Gasteiger partial charge in [0, 0.05) is 11.1 Å². The smallest absolute Gasteiger partial charge is 0.276 e. The van der Waals surface area contributed by atoms with Crippen molar-refractivity contribution >= 4 is 34.5 Å². The number of para-hydroxylation sites is 1. The number of nitrogens with one attached hydrogen (secondary N) is 3. The van der Waals surface area contributed by atoms with Gasteiger partial charge in [-0.15, -0.1) is 0 Å². The molecule has 0 bridgehead atoms. The van der Waals surface area contributed by atoms with Crippen LogP contribution in [-0.2, 0) is 4.79 Å². The highest BCUT2D eigenvalue weighted by molar-refractivity contribution is 6.17. The van der Waals surface area contributed by atoms with E-state index in [1.54, 1.807) is 12.3 Å². The number of H-pyrrole nitrogens is 1. The molecule has 0 atom stereocenters. The average Bonchev–Trinajstić information content (AvgIpc) is 3.15. The van der Waals surface area contributed by atoms with Gasteiger partial charge in [-0.1, -0.05) is 24.3 Å². The van der Waals surface area contributed by atoms with Gasteiger partial charge in [0.05, 0.1) is 11.7 Å². The highest BCUT2D eigenvalue weighted by Crippen LogP contribution is 2.17. The highest BCUT2D eigenvalue weighted by Gasteiger charge is 2.19. The fourth-order valence-corrected chi connectivity index (χ4v) is 2.39. The second kappa shape index (κ2) is 5.42. The fourth-order valence-electron chi connectivity index (χ4n) is 2.39. The predicted molar refractivity (Wildman–Crippen MR) is 89.7 cm³/mol. The van der Waals surface area contributed by atoms with E-state index in [-0.39, 0.29) is 5.91 Å². The van der Waals surface area contributed by atoms with Gasteiger partial charge in [-0.2, -0.15) is 5.10 Å². The molecule has 0 radical (unpaired) electrons. The number of hydrogen-bond donors (Lipinski definition) is 3. The Morgan fingerprint density at radius 2 is 1.96 bits per heavy atom. The first-order chi connectivity index (χ1) is 11.3. The third-order valence-corrected chi connectivity index (χ3v) is 3.50. The lowest BCUT2D eigenvalue weighted by molar-refractivity contribution is -0.115. The van der Waals surface area contributed by atoms with Crippen molar-refractivity contribution in [2.75, 3.05) is 5.32 Å². The van der Waals surface area contributed by atoms with Crippen LogP contribution in [0.5, 0.6) is 0 Å². The molecule has 1 amide bonds. The van der Waals surface area contributed by atoms with Gasteiger partial charge < -0.3 is 5.32 Å². The second-order valence-corrected chi connectivity index (χ2v) is 5.15. The minimum absolute atomic E-state index is 0.226. The zero-order valence-corrected chi connectivity index (χ0v) is 12.1. The van der Waals surface area contributed by atoms with E-state index in [4.69, 9.17) is 0 Å². The zero-order chi connectivity index (χ0) is 15.6. The number of aromatic nitrogens is 2. The average molecular weight is 303 g/mol. The van der Waals surface area contributed by atoms with Gasteiger partial charge in [-0.3, -0.25) is 15.2 Å². The Kier molecular flexibility index (Phi) is 3.12. The Morgan fingerprint density at radius 3 is 2.83 bits per heavy atom. The quantitative estimate of drug-likeness (QED) is 0.636. The number of guanidine groups is 1. The van der Waals surface area contributed by atoms with Crippen LogP contribution in [-0.4, -0.2) is 22.1 Å². The maximum atomic E-state index is 12.0. The molecule has 1 aromatic heterocycles. The predicted octanol–water partition coefficient (Wildman–Crippen LogP) is 2.50. The maximum absolute atomic E-state index is 12.0. The molecular formula is C17H13N5O. The number of aliphatic imine (C=N–C) groups is 1. The molecule has 1 aliphatic rings. The Balaban J connectivity index is 1.61. The molecule has 2 heterocycles. The van der Waals surface area contributed by atoms with Crippen LogP contribution in [0.15, 0.2) is 65.4 Å². The molecule has 1 aliphatic heterocycles. The number of carbonyl (C=O) groups is 1. The Bertz CT molecular complexity index is 940. The molecule has 0 unspecified atom stereocenters. The molecule has 2 aromatic carbocycles. The van der Waals surface area contributed by atoms with Gasteiger partial charge in [0.2, 0.25) is 5.96 Å². The number of amides is 1. The van der Waals surface area contributed by atoms with E-state index in [0.717, 1.165) is 22.2 Å². The lowest BCUT2D eigenvalue weighted by Crippen LogP contribution is -2.29. The van der Waals surface area contributed by atoms with Crippen molar-refractivity contribution in [3.05, 3.63) is 66.0 Å². The van der Waals surface area contributed by atoms with Gasteiger partial charge in [-0.25, -0.2) is 4.99 Å². The molecule has 0 fully saturated rings. The zero-order valence-electron chi connectivity index (χ0n) is 12.1. The molecule has 0 saturated carbocycles. The first kappa shape index (κ1) is 13.3. The summed E-state index contributed by atoms with van der Waals surface area (Å²) >= 11 is 0. The molecule has 6 heteroatoms. The van der Waals surface area contributed by atoms with Crippen molar-refractivity contribution < 1.29 is 4.79 Å². The summed E-state index contributed by atoms with van der Waals surface area (Å²) in [5.74, 6) is 0.201. The van der Waals surface area contributed by atoms with Crippen LogP contribution in [0.25, 0.3) is 17.0 Å². The van der Waals surface area contributed by atoms with Crippen molar-refractivity contribution in [1.29, 1.82) is 0 Å². The standard InChI is InChI=1S/C17H13N5O/c23-16-15(9-11-6-7-14-12(8-11)10-18-22-14)20-17(21-16)19-13-4-2-1-3-5-13/h1-10H,(H,18,22)(H2,19,20,21,23). The monoisotopic (exact) mass is 303 g/mol. The van der Waals surface area contributed by atoms with E-state index in [1.807, 2.05) is 48.5 Å². The first-order valence-corrected chi connectivity index (χ1v) is 7.15. The van der Waals surface area contributed by atoms with Crippen molar-refractivity contribution in [3.63, 3.8) is 0 Å². The van der Waals surface area contributed by atoms with Crippen LogP contribution >= 0.6 is 0 Å². The van der Waals surface area contributed by atoms with Crippen LogP contribution < -0.4 is 10.6 Å².